The number of hydrogen-bond donors (Lipinski definition) is 1. The van der Waals surface area contributed by atoms with Crippen LogP contribution in [0.25, 0.3) is 0 Å². The first kappa shape index (κ1) is 11.0. The molecule has 1 aromatic rings. The summed E-state index contributed by atoms with van der Waals surface area (Å²) >= 11 is 9.09. The van der Waals surface area contributed by atoms with Gasteiger partial charge in [-0.3, -0.25) is 0 Å². The molecule has 2 N–H and O–H groups in total. The molecule has 0 saturated heterocycles. The topological polar surface area (TPSA) is 26.0 Å². The van der Waals surface area contributed by atoms with E-state index in [0.717, 1.165) is 10.0 Å². The fraction of sp³-hybridized carbons (Fsp3) is 0.333. The van der Waals surface area contributed by atoms with Gasteiger partial charge in [0.25, 0.3) is 0 Å². The van der Waals surface area contributed by atoms with Crippen LogP contribution in [0.2, 0.25) is 5.02 Å². The van der Waals surface area contributed by atoms with E-state index >= 15 is 0 Å². The highest BCUT2D eigenvalue weighted by Gasteiger charge is 2.08. The normalized spacial score (nSPS) is 12.9. The lowest BCUT2D eigenvalue weighted by Crippen LogP contribution is -2.17. The lowest BCUT2D eigenvalue weighted by atomic mass is 10.1. The Kier molecular flexibility index (Phi) is 4.16. The number of nitrogens with two attached hydrogens (primary N) is 1. The molecule has 0 aromatic heterocycles. The summed E-state index contributed by atoms with van der Waals surface area (Å²) in [5.41, 5.74) is 6.04. The standard InChI is InChI=1S/C9H10BrClFN/c10-9-2-1-7(11)3-6(9)4-8(12)5-13/h1-3,8H,4-5,13H2. The second-order valence-electron chi connectivity index (χ2n) is 2.77. The van der Waals surface area contributed by atoms with Crippen molar-refractivity contribution in [2.45, 2.75) is 12.6 Å². The van der Waals surface area contributed by atoms with Gasteiger partial charge in [0.05, 0.1) is 0 Å². The Hall–Kier alpha value is -0.120. The van der Waals surface area contributed by atoms with E-state index in [9.17, 15) is 4.39 Å². The number of benzene rings is 1. The molecule has 0 radical (unpaired) electrons. The smallest absolute Gasteiger partial charge is 0.116 e. The molecule has 0 bridgehead atoms. The fourth-order valence-electron chi connectivity index (χ4n) is 1.02. The summed E-state index contributed by atoms with van der Waals surface area (Å²) in [6, 6.07) is 5.31. The maximum Gasteiger partial charge on any atom is 0.116 e. The van der Waals surface area contributed by atoms with Gasteiger partial charge in [0.1, 0.15) is 6.17 Å². The minimum Gasteiger partial charge on any atom is -0.328 e. The average molecular weight is 267 g/mol. The lowest BCUT2D eigenvalue weighted by Gasteiger charge is -2.07. The molecule has 1 unspecified atom stereocenters. The maximum atomic E-state index is 12.9. The highest BCUT2D eigenvalue weighted by atomic mass is 79.9. The van der Waals surface area contributed by atoms with E-state index in [2.05, 4.69) is 15.9 Å². The van der Waals surface area contributed by atoms with E-state index in [4.69, 9.17) is 17.3 Å². The molecule has 0 spiro atoms. The summed E-state index contributed by atoms with van der Waals surface area (Å²) in [6.07, 6.45) is -0.702. The number of halogens is 3. The third kappa shape index (κ3) is 3.25. The molecule has 1 aromatic carbocycles. The first-order chi connectivity index (χ1) is 6.13. The third-order valence-corrected chi connectivity index (χ3v) is 2.71. The largest absolute Gasteiger partial charge is 0.328 e. The molecule has 0 heterocycles. The van der Waals surface area contributed by atoms with Crippen LogP contribution in [0.5, 0.6) is 0 Å². The average Bonchev–Trinajstić information content (AvgIpc) is 2.11. The van der Waals surface area contributed by atoms with Gasteiger partial charge in [-0.15, -0.1) is 0 Å². The molecular formula is C9H10BrClFN. The zero-order valence-electron chi connectivity index (χ0n) is 6.93. The van der Waals surface area contributed by atoms with Crippen molar-refractivity contribution in [2.75, 3.05) is 6.54 Å². The fourth-order valence-corrected chi connectivity index (χ4v) is 1.62. The van der Waals surface area contributed by atoms with Crippen molar-refractivity contribution in [3.05, 3.63) is 33.3 Å². The summed E-state index contributed by atoms with van der Waals surface area (Å²) in [6.45, 7) is 0.0406. The van der Waals surface area contributed by atoms with Gasteiger partial charge in [0.15, 0.2) is 0 Å². The van der Waals surface area contributed by atoms with E-state index in [1.807, 2.05) is 0 Å². The summed E-state index contributed by atoms with van der Waals surface area (Å²) in [7, 11) is 0. The van der Waals surface area contributed by atoms with Gasteiger partial charge in [-0.2, -0.15) is 0 Å². The summed E-state index contributed by atoms with van der Waals surface area (Å²) in [4.78, 5) is 0. The van der Waals surface area contributed by atoms with Crippen molar-refractivity contribution in [3.8, 4) is 0 Å². The van der Waals surface area contributed by atoms with Gasteiger partial charge in [0, 0.05) is 22.5 Å². The molecule has 1 nitrogen and oxygen atoms in total. The minimum absolute atomic E-state index is 0.0406. The van der Waals surface area contributed by atoms with Crippen molar-refractivity contribution in [3.63, 3.8) is 0 Å². The van der Waals surface area contributed by atoms with Crippen LogP contribution in [-0.4, -0.2) is 12.7 Å². The lowest BCUT2D eigenvalue weighted by molar-refractivity contribution is 0.340. The van der Waals surface area contributed by atoms with Crippen molar-refractivity contribution in [1.82, 2.24) is 0 Å². The van der Waals surface area contributed by atoms with Crippen LogP contribution < -0.4 is 5.73 Å². The Bertz CT molecular complexity index is 293. The van der Waals surface area contributed by atoms with Crippen LogP contribution in [0.3, 0.4) is 0 Å². The quantitative estimate of drug-likeness (QED) is 0.894. The highest BCUT2D eigenvalue weighted by molar-refractivity contribution is 9.10. The second-order valence-corrected chi connectivity index (χ2v) is 4.06. The first-order valence-electron chi connectivity index (χ1n) is 3.91. The van der Waals surface area contributed by atoms with Crippen LogP contribution in [0.4, 0.5) is 4.39 Å². The molecular weight excluding hydrogens is 256 g/mol. The van der Waals surface area contributed by atoms with Gasteiger partial charge >= 0.3 is 0 Å². The Labute approximate surface area is 90.2 Å². The predicted octanol–water partition coefficient (Wildman–Crippen LogP) is 2.94. The van der Waals surface area contributed by atoms with E-state index in [-0.39, 0.29) is 6.54 Å². The maximum absolute atomic E-state index is 12.9. The summed E-state index contributed by atoms with van der Waals surface area (Å²) in [5, 5.41) is 0.613. The zero-order valence-corrected chi connectivity index (χ0v) is 9.28. The summed E-state index contributed by atoms with van der Waals surface area (Å²) in [5.74, 6) is 0. The highest BCUT2D eigenvalue weighted by Crippen LogP contribution is 2.22. The Morgan fingerprint density at radius 3 is 2.85 bits per heavy atom. The Morgan fingerprint density at radius 2 is 2.23 bits per heavy atom. The molecule has 0 aliphatic heterocycles. The van der Waals surface area contributed by atoms with Crippen molar-refractivity contribution in [1.29, 1.82) is 0 Å². The van der Waals surface area contributed by atoms with E-state index in [1.165, 1.54) is 0 Å². The number of alkyl halides is 1. The van der Waals surface area contributed by atoms with Crippen LogP contribution in [0, 0.1) is 0 Å². The molecule has 0 aliphatic rings. The molecule has 4 heteroatoms. The Morgan fingerprint density at radius 1 is 1.54 bits per heavy atom. The van der Waals surface area contributed by atoms with Gasteiger partial charge in [-0.05, 0) is 23.8 Å². The minimum atomic E-state index is -1.00. The molecule has 0 fully saturated rings. The molecule has 0 amide bonds. The van der Waals surface area contributed by atoms with Gasteiger partial charge in [0.2, 0.25) is 0 Å². The molecule has 0 aliphatic carbocycles. The van der Waals surface area contributed by atoms with Gasteiger partial charge < -0.3 is 5.73 Å². The molecule has 72 valence electrons. The van der Waals surface area contributed by atoms with E-state index in [1.54, 1.807) is 18.2 Å². The SMILES string of the molecule is NCC(F)Cc1cc(Cl)ccc1Br. The second kappa shape index (κ2) is 4.94. The zero-order chi connectivity index (χ0) is 9.84. The molecule has 1 atom stereocenters. The number of hydrogen-bond acceptors (Lipinski definition) is 1. The van der Waals surface area contributed by atoms with Crippen LogP contribution in [-0.2, 0) is 6.42 Å². The van der Waals surface area contributed by atoms with Gasteiger partial charge in [-0.25, -0.2) is 4.39 Å². The van der Waals surface area contributed by atoms with Crippen molar-refractivity contribution >= 4 is 27.5 Å². The molecule has 13 heavy (non-hydrogen) atoms. The van der Waals surface area contributed by atoms with Crippen LogP contribution in [0.1, 0.15) is 5.56 Å². The third-order valence-electron chi connectivity index (χ3n) is 1.70. The number of rotatable bonds is 3. The van der Waals surface area contributed by atoms with E-state index in [0.29, 0.717) is 11.4 Å². The van der Waals surface area contributed by atoms with E-state index < -0.39 is 6.17 Å². The Balaban J connectivity index is 2.81. The van der Waals surface area contributed by atoms with Crippen LogP contribution >= 0.6 is 27.5 Å². The summed E-state index contributed by atoms with van der Waals surface area (Å²) < 4.78 is 13.8. The first-order valence-corrected chi connectivity index (χ1v) is 5.08. The van der Waals surface area contributed by atoms with Gasteiger partial charge in [-0.1, -0.05) is 27.5 Å². The van der Waals surface area contributed by atoms with Crippen molar-refractivity contribution in [2.24, 2.45) is 5.73 Å². The molecule has 1 rings (SSSR count). The predicted molar refractivity (Wildman–Crippen MR) is 56.8 cm³/mol. The van der Waals surface area contributed by atoms with Crippen molar-refractivity contribution < 1.29 is 4.39 Å². The monoisotopic (exact) mass is 265 g/mol. The molecule has 0 saturated carbocycles. The van der Waals surface area contributed by atoms with Crippen LogP contribution in [0.15, 0.2) is 22.7 Å².